The van der Waals surface area contributed by atoms with Gasteiger partial charge in [-0.1, -0.05) is 6.07 Å². The Balaban J connectivity index is 1.57. The maximum absolute atomic E-state index is 12.8. The van der Waals surface area contributed by atoms with Crippen LogP contribution in [0.4, 0.5) is 10.1 Å². The first-order valence-corrected chi connectivity index (χ1v) is 7.66. The van der Waals surface area contributed by atoms with Crippen LogP contribution in [-0.4, -0.2) is 23.2 Å². The van der Waals surface area contributed by atoms with Crippen molar-refractivity contribution in [3.05, 3.63) is 60.2 Å². The molecule has 0 atom stereocenters. The van der Waals surface area contributed by atoms with Crippen LogP contribution >= 0.6 is 0 Å². The van der Waals surface area contributed by atoms with E-state index in [9.17, 15) is 9.18 Å². The van der Waals surface area contributed by atoms with E-state index in [1.807, 2.05) is 18.2 Å². The molecule has 0 aliphatic carbocycles. The molecule has 0 aliphatic rings. The number of rotatable bonds is 6. The van der Waals surface area contributed by atoms with Crippen molar-refractivity contribution in [1.29, 1.82) is 0 Å². The summed E-state index contributed by atoms with van der Waals surface area (Å²) in [7, 11) is 1.58. The highest BCUT2D eigenvalue weighted by atomic mass is 19.1. The summed E-state index contributed by atoms with van der Waals surface area (Å²) in [5.74, 6) is 0.859. The molecule has 0 fully saturated rings. The van der Waals surface area contributed by atoms with Crippen LogP contribution in [0.25, 0.3) is 11.5 Å². The molecule has 0 aliphatic heterocycles. The topological polar surface area (TPSA) is 77.2 Å². The van der Waals surface area contributed by atoms with Gasteiger partial charge in [0.2, 0.25) is 17.7 Å². The van der Waals surface area contributed by atoms with E-state index in [2.05, 4.69) is 15.5 Å². The Labute approximate surface area is 143 Å². The highest BCUT2D eigenvalue weighted by molar-refractivity contribution is 5.90. The Kier molecular flexibility index (Phi) is 5.03. The number of hydrogen-bond acceptors (Lipinski definition) is 5. The lowest BCUT2D eigenvalue weighted by Gasteiger charge is -2.03. The molecule has 6 nitrogen and oxygen atoms in total. The maximum atomic E-state index is 12.8. The average molecular weight is 341 g/mol. The minimum atomic E-state index is -0.353. The van der Waals surface area contributed by atoms with Crippen LogP contribution in [0, 0.1) is 5.82 Å². The zero-order chi connectivity index (χ0) is 17.6. The molecule has 1 heterocycles. The summed E-state index contributed by atoms with van der Waals surface area (Å²) in [5, 5.41) is 10.6. The van der Waals surface area contributed by atoms with E-state index >= 15 is 0 Å². The number of methoxy groups -OCH3 is 1. The predicted octanol–water partition coefficient (Wildman–Crippen LogP) is 3.46. The Morgan fingerprint density at radius 2 is 2.00 bits per heavy atom. The predicted molar refractivity (Wildman–Crippen MR) is 89.6 cm³/mol. The van der Waals surface area contributed by atoms with Gasteiger partial charge < -0.3 is 14.5 Å². The molecule has 1 N–H and O–H groups in total. The standard InChI is InChI=1S/C18H16FN3O3/c1-24-15-4-2-3-12(11-15)18-22-21-17(25-18)10-9-16(23)20-14-7-5-13(19)6-8-14/h2-8,11H,9-10H2,1H3,(H,20,23). The zero-order valence-corrected chi connectivity index (χ0v) is 13.5. The number of hydrogen-bond donors (Lipinski definition) is 1. The van der Waals surface area contributed by atoms with Crippen LogP contribution in [0.3, 0.4) is 0 Å². The van der Waals surface area contributed by atoms with Crippen LogP contribution < -0.4 is 10.1 Å². The number of aromatic nitrogens is 2. The molecule has 3 aromatic rings. The average Bonchev–Trinajstić information content (AvgIpc) is 3.11. The van der Waals surface area contributed by atoms with E-state index in [1.165, 1.54) is 24.3 Å². The number of amides is 1. The second kappa shape index (κ2) is 7.57. The van der Waals surface area contributed by atoms with Gasteiger partial charge in [0, 0.05) is 24.1 Å². The number of benzene rings is 2. The SMILES string of the molecule is COc1cccc(-c2nnc(CCC(=O)Nc3ccc(F)cc3)o2)c1. The summed E-state index contributed by atoms with van der Waals surface area (Å²) < 4.78 is 23.6. The molecule has 0 unspecified atom stereocenters. The second-order valence-corrected chi connectivity index (χ2v) is 5.29. The zero-order valence-electron chi connectivity index (χ0n) is 13.5. The first kappa shape index (κ1) is 16.6. The van der Waals surface area contributed by atoms with Gasteiger partial charge in [0.05, 0.1) is 7.11 Å². The normalized spacial score (nSPS) is 10.5. The van der Waals surface area contributed by atoms with E-state index in [1.54, 1.807) is 13.2 Å². The Morgan fingerprint density at radius 3 is 2.76 bits per heavy atom. The van der Waals surface area contributed by atoms with Crippen molar-refractivity contribution in [2.24, 2.45) is 0 Å². The Hall–Kier alpha value is -3.22. The van der Waals surface area contributed by atoms with Crippen molar-refractivity contribution in [3.63, 3.8) is 0 Å². The summed E-state index contributed by atoms with van der Waals surface area (Å²) >= 11 is 0. The van der Waals surface area contributed by atoms with Crippen molar-refractivity contribution in [2.75, 3.05) is 12.4 Å². The highest BCUT2D eigenvalue weighted by Gasteiger charge is 2.11. The summed E-state index contributed by atoms with van der Waals surface area (Å²) in [4.78, 5) is 11.9. The fraction of sp³-hybridized carbons (Fsp3) is 0.167. The number of nitrogens with one attached hydrogen (secondary N) is 1. The van der Waals surface area contributed by atoms with Gasteiger partial charge in [-0.3, -0.25) is 4.79 Å². The minimum absolute atomic E-state index is 0.178. The van der Waals surface area contributed by atoms with Gasteiger partial charge in [-0.15, -0.1) is 10.2 Å². The summed E-state index contributed by atoms with van der Waals surface area (Å²) in [6.45, 7) is 0. The van der Waals surface area contributed by atoms with Crippen LogP contribution in [0.1, 0.15) is 12.3 Å². The second-order valence-electron chi connectivity index (χ2n) is 5.29. The lowest BCUT2D eigenvalue weighted by molar-refractivity contribution is -0.116. The third-order valence-electron chi connectivity index (χ3n) is 3.48. The third kappa shape index (κ3) is 4.41. The lowest BCUT2D eigenvalue weighted by Crippen LogP contribution is -2.12. The Bertz CT molecular complexity index is 862. The first-order valence-electron chi connectivity index (χ1n) is 7.66. The molecule has 1 aromatic heterocycles. The van der Waals surface area contributed by atoms with E-state index in [0.717, 1.165) is 5.56 Å². The van der Waals surface area contributed by atoms with Crippen molar-refractivity contribution in [2.45, 2.75) is 12.8 Å². The molecule has 0 spiro atoms. The fourth-order valence-corrected chi connectivity index (χ4v) is 2.20. The molecule has 0 radical (unpaired) electrons. The van der Waals surface area contributed by atoms with Crippen molar-refractivity contribution in [3.8, 4) is 17.2 Å². The molecule has 2 aromatic carbocycles. The maximum Gasteiger partial charge on any atom is 0.247 e. The number of carbonyl (C=O) groups excluding carboxylic acids is 1. The van der Waals surface area contributed by atoms with Crippen molar-refractivity contribution < 1.29 is 18.3 Å². The molecular weight excluding hydrogens is 325 g/mol. The molecule has 7 heteroatoms. The van der Waals surface area contributed by atoms with Gasteiger partial charge in [-0.25, -0.2) is 4.39 Å². The minimum Gasteiger partial charge on any atom is -0.497 e. The van der Waals surface area contributed by atoms with Crippen LogP contribution in [0.5, 0.6) is 5.75 Å². The van der Waals surface area contributed by atoms with E-state index in [4.69, 9.17) is 9.15 Å². The quantitative estimate of drug-likeness (QED) is 0.743. The van der Waals surface area contributed by atoms with Gasteiger partial charge in [0.1, 0.15) is 11.6 Å². The van der Waals surface area contributed by atoms with Crippen molar-refractivity contribution >= 4 is 11.6 Å². The molecule has 0 bridgehead atoms. The highest BCUT2D eigenvalue weighted by Crippen LogP contribution is 2.22. The molecule has 3 rings (SSSR count). The Morgan fingerprint density at radius 1 is 1.20 bits per heavy atom. The molecule has 128 valence electrons. The van der Waals surface area contributed by atoms with Gasteiger partial charge in [-0.05, 0) is 42.5 Å². The largest absolute Gasteiger partial charge is 0.497 e. The number of ether oxygens (including phenoxy) is 1. The van der Waals surface area contributed by atoms with E-state index in [0.29, 0.717) is 29.6 Å². The summed E-state index contributed by atoms with van der Waals surface area (Å²) in [6, 6.07) is 12.8. The monoisotopic (exact) mass is 341 g/mol. The van der Waals surface area contributed by atoms with E-state index in [-0.39, 0.29) is 18.1 Å². The number of halogens is 1. The van der Waals surface area contributed by atoms with Crippen LogP contribution in [0.15, 0.2) is 52.9 Å². The number of aryl methyl sites for hydroxylation is 1. The molecule has 0 saturated heterocycles. The summed E-state index contributed by atoms with van der Waals surface area (Å²) in [5.41, 5.74) is 1.28. The first-order chi connectivity index (χ1) is 12.1. The van der Waals surface area contributed by atoms with Gasteiger partial charge in [-0.2, -0.15) is 0 Å². The number of nitrogens with zero attached hydrogens (tertiary/aromatic N) is 2. The number of carbonyl (C=O) groups is 1. The van der Waals surface area contributed by atoms with Gasteiger partial charge in [0.15, 0.2) is 0 Å². The van der Waals surface area contributed by atoms with E-state index < -0.39 is 0 Å². The number of anilines is 1. The third-order valence-corrected chi connectivity index (χ3v) is 3.48. The van der Waals surface area contributed by atoms with Gasteiger partial charge in [0.25, 0.3) is 0 Å². The van der Waals surface area contributed by atoms with Crippen LogP contribution in [-0.2, 0) is 11.2 Å². The van der Waals surface area contributed by atoms with Crippen LogP contribution in [0.2, 0.25) is 0 Å². The van der Waals surface area contributed by atoms with Gasteiger partial charge >= 0.3 is 0 Å². The fourth-order valence-electron chi connectivity index (χ4n) is 2.20. The molecule has 0 saturated carbocycles. The van der Waals surface area contributed by atoms with Crippen molar-refractivity contribution in [1.82, 2.24) is 10.2 Å². The lowest BCUT2D eigenvalue weighted by atomic mass is 10.2. The molecule has 25 heavy (non-hydrogen) atoms. The molecule has 1 amide bonds. The summed E-state index contributed by atoms with van der Waals surface area (Å²) in [6.07, 6.45) is 0.487. The smallest absolute Gasteiger partial charge is 0.247 e. The molecular formula is C18H16FN3O3.